The number of nitrogens with one attached hydrogen (secondary N) is 1. The van der Waals surface area contributed by atoms with Gasteiger partial charge in [0.1, 0.15) is 11.5 Å². The van der Waals surface area contributed by atoms with Gasteiger partial charge in [0.25, 0.3) is 0 Å². The highest BCUT2D eigenvalue weighted by atomic mass is 19.1. The van der Waals surface area contributed by atoms with Crippen molar-refractivity contribution in [2.75, 3.05) is 23.3 Å². The number of hydrogen-bond acceptors (Lipinski definition) is 4. The lowest BCUT2D eigenvalue weighted by atomic mass is 10.0. The summed E-state index contributed by atoms with van der Waals surface area (Å²) in [5.41, 5.74) is 0.861. The largest absolute Gasteiger partial charge is 0.393 e. The highest BCUT2D eigenvalue weighted by molar-refractivity contribution is 5.59. The maximum absolute atomic E-state index is 14.2. The number of rotatable bonds is 4. The van der Waals surface area contributed by atoms with Crippen molar-refractivity contribution >= 4 is 11.4 Å². The summed E-state index contributed by atoms with van der Waals surface area (Å²) in [7, 11) is 0. The molecule has 2 aromatic rings. The normalized spacial score (nSPS) is 16.1. The second kappa shape index (κ2) is 7.89. The molecule has 1 aliphatic heterocycles. The van der Waals surface area contributed by atoms with E-state index in [1.54, 1.807) is 19.1 Å². The number of nitrogens with zero attached hydrogens (tertiary/aromatic N) is 2. The molecule has 7 heteroatoms. The van der Waals surface area contributed by atoms with Crippen LogP contribution in [0.2, 0.25) is 0 Å². The lowest BCUT2D eigenvalue weighted by Gasteiger charge is -2.34. The molecule has 1 aliphatic rings. The summed E-state index contributed by atoms with van der Waals surface area (Å²) in [5, 5.41) is 21.2. The van der Waals surface area contributed by atoms with Crippen molar-refractivity contribution in [3.63, 3.8) is 0 Å². The first-order valence-corrected chi connectivity index (χ1v) is 8.77. The summed E-state index contributed by atoms with van der Waals surface area (Å²) in [6, 6.07) is 7.36. The topological polar surface area (TPSA) is 59.3 Å². The average Bonchev–Trinajstić information content (AvgIpc) is 2.65. The fourth-order valence-corrected chi connectivity index (χ4v) is 3.34. The van der Waals surface area contributed by atoms with Crippen LogP contribution in [-0.2, 0) is 0 Å². The number of aliphatic hydroxyl groups is 1. The van der Waals surface area contributed by atoms with Crippen molar-refractivity contribution in [3.8, 4) is 6.07 Å². The molecular formula is C20H20F3N3O. The SMILES string of the molecule is CC(Nc1c(F)cc(C#N)cc1F)c1cc(F)ccc1N1CCC(O)CC1. The van der Waals surface area contributed by atoms with Gasteiger partial charge in [0.2, 0.25) is 0 Å². The van der Waals surface area contributed by atoms with Crippen LogP contribution in [0.25, 0.3) is 0 Å². The molecule has 0 aliphatic carbocycles. The smallest absolute Gasteiger partial charge is 0.150 e. The summed E-state index contributed by atoms with van der Waals surface area (Å²) in [5.74, 6) is -2.20. The third kappa shape index (κ3) is 4.17. The third-order valence-corrected chi connectivity index (χ3v) is 4.79. The fraction of sp³-hybridized carbons (Fsp3) is 0.350. The fourth-order valence-electron chi connectivity index (χ4n) is 3.34. The number of anilines is 2. The molecule has 2 N–H and O–H groups in total. The van der Waals surface area contributed by atoms with Crippen molar-refractivity contribution in [2.24, 2.45) is 0 Å². The quantitative estimate of drug-likeness (QED) is 0.844. The minimum absolute atomic E-state index is 0.110. The number of benzene rings is 2. The standard InChI is InChI=1S/C20H20F3N3O/c1-12(25-20-17(22)8-13(11-24)9-18(20)23)16-10-14(21)2-3-19(16)26-6-4-15(27)5-7-26/h2-3,8-10,12,15,25,27H,4-7H2,1H3. The molecule has 0 spiro atoms. The van der Waals surface area contributed by atoms with Gasteiger partial charge in [-0.15, -0.1) is 0 Å². The molecule has 0 bridgehead atoms. The molecule has 1 heterocycles. The van der Waals surface area contributed by atoms with E-state index in [4.69, 9.17) is 5.26 Å². The average molecular weight is 375 g/mol. The molecule has 1 atom stereocenters. The molecule has 4 nitrogen and oxygen atoms in total. The summed E-state index contributed by atoms with van der Waals surface area (Å²) in [6.45, 7) is 2.92. The Balaban J connectivity index is 1.90. The molecule has 1 fully saturated rings. The van der Waals surface area contributed by atoms with Crippen LogP contribution in [0, 0.1) is 28.8 Å². The van der Waals surface area contributed by atoms with Gasteiger partial charge in [-0.25, -0.2) is 13.2 Å². The van der Waals surface area contributed by atoms with E-state index < -0.39 is 23.5 Å². The van der Waals surface area contributed by atoms with Gasteiger partial charge in [0.05, 0.1) is 23.8 Å². The molecule has 0 radical (unpaired) electrons. The Kier molecular flexibility index (Phi) is 5.57. The van der Waals surface area contributed by atoms with Crippen molar-refractivity contribution in [2.45, 2.75) is 31.9 Å². The molecule has 0 amide bonds. The first kappa shape index (κ1) is 19.1. The molecule has 0 aromatic heterocycles. The molecule has 3 rings (SSSR count). The summed E-state index contributed by atoms with van der Waals surface area (Å²) in [4.78, 5) is 2.03. The first-order chi connectivity index (χ1) is 12.9. The second-order valence-electron chi connectivity index (χ2n) is 6.71. The summed E-state index contributed by atoms with van der Waals surface area (Å²) >= 11 is 0. The Morgan fingerprint density at radius 3 is 2.37 bits per heavy atom. The number of aliphatic hydroxyl groups excluding tert-OH is 1. The Labute approximate surface area is 155 Å². The predicted molar refractivity (Wildman–Crippen MR) is 97.0 cm³/mol. The van der Waals surface area contributed by atoms with Crippen LogP contribution >= 0.6 is 0 Å². The Morgan fingerprint density at radius 2 is 1.78 bits per heavy atom. The highest BCUT2D eigenvalue weighted by Gasteiger charge is 2.23. The Bertz CT molecular complexity index is 850. The van der Waals surface area contributed by atoms with E-state index in [-0.39, 0.29) is 17.4 Å². The van der Waals surface area contributed by atoms with Gasteiger partial charge in [0, 0.05) is 24.3 Å². The maximum Gasteiger partial charge on any atom is 0.150 e. The van der Waals surface area contributed by atoms with E-state index in [2.05, 4.69) is 5.32 Å². The van der Waals surface area contributed by atoms with Crippen LogP contribution < -0.4 is 10.2 Å². The van der Waals surface area contributed by atoms with E-state index in [1.807, 2.05) is 4.90 Å². The minimum Gasteiger partial charge on any atom is -0.393 e. The molecular weight excluding hydrogens is 355 g/mol. The highest BCUT2D eigenvalue weighted by Crippen LogP contribution is 2.33. The number of nitriles is 1. The Morgan fingerprint density at radius 1 is 1.15 bits per heavy atom. The van der Waals surface area contributed by atoms with Gasteiger partial charge >= 0.3 is 0 Å². The lowest BCUT2D eigenvalue weighted by molar-refractivity contribution is 0.145. The van der Waals surface area contributed by atoms with E-state index in [0.29, 0.717) is 31.5 Å². The molecule has 142 valence electrons. The molecule has 0 saturated carbocycles. The molecule has 1 saturated heterocycles. The van der Waals surface area contributed by atoms with E-state index in [0.717, 1.165) is 17.8 Å². The van der Waals surface area contributed by atoms with E-state index in [9.17, 15) is 18.3 Å². The zero-order valence-electron chi connectivity index (χ0n) is 14.8. The molecule has 2 aromatic carbocycles. The maximum atomic E-state index is 14.2. The van der Waals surface area contributed by atoms with Gasteiger partial charge in [-0.3, -0.25) is 0 Å². The third-order valence-electron chi connectivity index (χ3n) is 4.79. The van der Waals surface area contributed by atoms with Gasteiger partial charge in [-0.1, -0.05) is 0 Å². The predicted octanol–water partition coefficient (Wildman–Crippen LogP) is 4.11. The van der Waals surface area contributed by atoms with Gasteiger partial charge < -0.3 is 15.3 Å². The zero-order chi connectivity index (χ0) is 19.6. The van der Waals surface area contributed by atoms with Crippen LogP contribution in [-0.4, -0.2) is 24.3 Å². The van der Waals surface area contributed by atoms with Crippen molar-refractivity contribution < 1.29 is 18.3 Å². The van der Waals surface area contributed by atoms with Gasteiger partial charge in [0.15, 0.2) is 11.6 Å². The van der Waals surface area contributed by atoms with Gasteiger partial charge in [-0.2, -0.15) is 5.26 Å². The Hall–Kier alpha value is -2.72. The minimum atomic E-state index is -0.877. The zero-order valence-corrected chi connectivity index (χ0v) is 14.8. The number of piperidine rings is 1. The number of hydrogen-bond donors (Lipinski definition) is 2. The first-order valence-electron chi connectivity index (χ1n) is 8.77. The second-order valence-corrected chi connectivity index (χ2v) is 6.71. The van der Waals surface area contributed by atoms with Crippen LogP contribution in [0.15, 0.2) is 30.3 Å². The van der Waals surface area contributed by atoms with E-state index >= 15 is 0 Å². The van der Waals surface area contributed by atoms with Crippen LogP contribution in [0.4, 0.5) is 24.5 Å². The summed E-state index contributed by atoms with van der Waals surface area (Å²) in [6.07, 6.45) is 0.872. The van der Waals surface area contributed by atoms with Crippen molar-refractivity contribution in [1.82, 2.24) is 0 Å². The molecule has 27 heavy (non-hydrogen) atoms. The molecule has 1 unspecified atom stereocenters. The van der Waals surface area contributed by atoms with Gasteiger partial charge in [-0.05, 0) is 50.1 Å². The van der Waals surface area contributed by atoms with E-state index in [1.165, 1.54) is 12.1 Å². The summed E-state index contributed by atoms with van der Waals surface area (Å²) < 4.78 is 42.2. The number of halogens is 3. The van der Waals surface area contributed by atoms with Crippen LogP contribution in [0.3, 0.4) is 0 Å². The van der Waals surface area contributed by atoms with Crippen molar-refractivity contribution in [1.29, 1.82) is 5.26 Å². The van der Waals surface area contributed by atoms with Crippen LogP contribution in [0.1, 0.15) is 36.9 Å². The monoisotopic (exact) mass is 375 g/mol. The lowest BCUT2D eigenvalue weighted by Crippen LogP contribution is -2.36. The van der Waals surface area contributed by atoms with Crippen molar-refractivity contribution in [3.05, 3.63) is 58.9 Å². The van der Waals surface area contributed by atoms with Crippen LogP contribution in [0.5, 0.6) is 0 Å².